The number of aryl methyl sites for hydroxylation is 1. The molecule has 6 nitrogen and oxygen atoms in total. The van der Waals surface area contributed by atoms with Crippen LogP contribution in [0.25, 0.3) is 0 Å². The Morgan fingerprint density at radius 3 is 2.49 bits per heavy atom. The van der Waals surface area contributed by atoms with E-state index in [1.807, 2.05) is 44.2 Å². The highest BCUT2D eigenvalue weighted by Gasteiger charge is 2.42. The Morgan fingerprint density at radius 1 is 1.10 bits per heavy atom. The monoisotopic (exact) mass is 693 g/mol. The highest BCUT2D eigenvalue weighted by Crippen LogP contribution is 2.41. The van der Waals surface area contributed by atoms with E-state index < -0.39 is 5.41 Å². The molecule has 1 aliphatic carbocycles. The maximum absolute atomic E-state index is 14.7. The molecular formula is C44H56FN3O3. The summed E-state index contributed by atoms with van der Waals surface area (Å²) in [5.74, 6) is 1.71. The molecule has 1 unspecified atom stereocenters. The van der Waals surface area contributed by atoms with Crippen LogP contribution >= 0.6 is 0 Å². The van der Waals surface area contributed by atoms with Crippen molar-refractivity contribution in [3.05, 3.63) is 117 Å². The highest BCUT2D eigenvalue weighted by atomic mass is 19.1. The van der Waals surface area contributed by atoms with Gasteiger partial charge in [0.1, 0.15) is 5.82 Å². The van der Waals surface area contributed by atoms with E-state index in [0.717, 1.165) is 53.8 Å². The van der Waals surface area contributed by atoms with Gasteiger partial charge in [-0.2, -0.15) is 0 Å². The van der Waals surface area contributed by atoms with Crippen LogP contribution in [0.4, 0.5) is 4.39 Å². The summed E-state index contributed by atoms with van der Waals surface area (Å²) in [7, 11) is 0. The molecule has 1 saturated carbocycles. The van der Waals surface area contributed by atoms with Crippen LogP contribution in [-0.4, -0.2) is 39.7 Å². The molecule has 2 amide bonds. The van der Waals surface area contributed by atoms with E-state index >= 15 is 0 Å². The van der Waals surface area contributed by atoms with Crippen LogP contribution in [0.3, 0.4) is 0 Å². The second-order valence-corrected chi connectivity index (χ2v) is 14.8. The fraction of sp³-hybridized carbons (Fsp3) is 0.432. The van der Waals surface area contributed by atoms with Crippen molar-refractivity contribution in [1.29, 1.82) is 0 Å². The number of Topliss-reactive ketones (excluding diaryl/α,β-unsaturated/α-hetero) is 1. The van der Waals surface area contributed by atoms with Crippen LogP contribution in [-0.2, 0) is 36.1 Å². The number of halogens is 1. The molecule has 7 heteroatoms. The number of amides is 2. The molecule has 1 fully saturated rings. The van der Waals surface area contributed by atoms with Gasteiger partial charge in [0.2, 0.25) is 0 Å². The third-order valence-corrected chi connectivity index (χ3v) is 10.5. The van der Waals surface area contributed by atoms with Gasteiger partial charge in [-0.05, 0) is 80.5 Å². The highest BCUT2D eigenvalue weighted by molar-refractivity contribution is 6.02. The minimum absolute atomic E-state index is 0. The Morgan fingerprint density at radius 2 is 1.82 bits per heavy atom. The summed E-state index contributed by atoms with van der Waals surface area (Å²) in [6.45, 7) is 11.3. The number of aromatic nitrogens is 1. The van der Waals surface area contributed by atoms with Crippen molar-refractivity contribution in [3.8, 4) is 12.3 Å². The van der Waals surface area contributed by atoms with Crippen LogP contribution in [0.1, 0.15) is 125 Å². The van der Waals surface area contributed by atoms with Gasteiger partial charge in [-0.15, -0.1) is 6.42 Å². The van der Waals surface area contributed by atoms with Crippen LogP contribution in [0.15, 0.2) is 72.3 Å². The first-order valence-corrected chi connectivity index (χ1v) is 18.5. The van der Waals surface area contributed by atoms with E-state index in [2.05, 4.69) is 36.6 Å². The number of nitrogens with one attached hydrogen (secondary N) is 1. The first-order chi connectivity index (χ1) is 24.5. The smallest absolute Gasteiger partial charge is 0.262 e. The molecule has 1 aromatic heterocycles. The third-order valence-electron chi connectivity index (χ3n) is 10.5. The number of ketones is 1. The SMILES string of the molecule is C#C/C(=C\C=C/C)C(=O)N1Cc2c(C(=O)C(C)CCc3cccc(C(=O)NC4CCCCC4)c3)c(CC)n(Cc3ccc(F)cc3)c2C(C)(C)C1.[HH].[HH]. The number of benzene rings is 2. The van der Waals surface area contributed by atoms with Gasteiger partial charge in [0.25, 0.3) is 11.8 Å². The second-order valence-electron chi connectivity index (χ2n) is 14.8. The number of rotatable bonds is 12. The van der Waals surface area contributed by atoms with E-state index in [9.17, 15) is 18.8 Å². The fourth-order valence-corrected chi connectivity index (χ4v) is 7.89. The van der Waals surface area contributed by atoms with E-state index in [-0.39, 0.29) is 50.3 Å². The lowest BCUT2D eigenvalue weighted by molar-refractivity contribution is -0.128. The standard InChI is InChI=1S/C44H52FN3O3.2H2/c1-7-10-16-33(8-2)43(51)47-28-37-39(38(9-3)48(41(37)44(5,6)29-47)27-32-22-24-35(45)25-23-32)40(49)30(4)20-21-31-15-14-17-34(26-31)42(50)46-36-18-12-11-13-19-36;;/h2,7,10,14-17,22-26,30,36H,9,11-13,18-21,27-29H2,1,3-6H3,(H,46,50);2*1H/b10-7-,33-16+;;. The maximum Gasteiger partial charge on any atom is 0.262 e. The Bertz CT molecular complexity index is 1860. The molecule has 51 heavy (non-hydrogen) atoms. The van der Waals surface area contributed by atoms with Crippen molar-refractivity contribution in [2.45, 2.75) is 111 Å². The zero-order valence-electron chi connectivity index (χ0n) is 30.9. The lowest BCUT2D eigenvalue weighted by Gasteiger charge is -2.40. The summed E-state index contributed by atoms with van der Waals surface area (Å²) in [5.41, 5.74) is 5.85. The summed E-state index contributed by atoms with van der Waals surface area (Å²) in [6.07, 6.45) is 18.5. The van der Waals surface area contributed by atoms with Crippen LogP contribution in [0.2, 0.25) is 0 Å². The summed E-state index contributed by atoms with van der Waals surface area (Å²) in [6, 6.07) is 14.5. The number of fused-ring (bicyclic) bond motifs is 1. The number of hydrogen-bond acceptors (Lipinski definition) is 3. The fourth-order valence-electron chi connectivity index (χ4n) is 7.89. The molecule has 2 heterocycles. The van der Waals surface area contributed by atoms with Crippen molar-refractivity contribution in [1.82, 2.24) is 14.8 Å². The average molecular weight is 694 g/mol. The summed E-state index contributed by atoms with van der Waals surface area (Å²) in [4.78, 5) is 43.3. The molecule has 0 bridgehead atoms. The lowest BCUT2D eigenvalue weighted by atomic mass is 9.80. The Balaban J connectivity index is 0.00000378. The molecule has 0 radical (unpaired) electrons. The molecular weight excluding hydrogens is 638 g/mol. The Hall–Kier alpha value is -4.70. The number of carbonyl (C=O) groups excluding carboxylic acids is 3. The molecule has 1 atom stereocenters. The largest absolute Gasteiger partial charge is 0.349 e. The average Bonchev–Trinajstić information content (AvgIpc) is 3.45. The molecule has 0 saturated heterocycles. The summed E-state index contributed by atoms with van der Waals surface area (Å²) < 4.78 is 16.1. The molecule has 3 aromatic rings. The van der Waals surface area contributed by atoms with E-state index in [1.54, 1.807) is 29.2 Å². The summed E-state index contributed by atoms with van der Waals surface area (Å²) in [5, 5.41) is 3.21. The van der Waals surface area contributed by atoms with Gasteiger partial charge < -0.3 is 14.8 Å². The van der Waals surface area contributed by atoms with Crippen molar-refractivity contribution in [2.24, 2.45) is 5.92 Å². The molecule has 1 aliphatic heterocycles. The molecule has 0 spiro atoms. The van der Waals surface area contributed by atoms with Crippen LogP contribution < -0.4 is 5.32 Å². The predicted molar refractivity (Wildman–Crippen MR) is 206 cm³/mol. The van der Waals surface area contributed by atoms with Gasteiger partial charge in [0.15, 0.2) is 5.78 Å². The zero-order valence-corrected chi connectivity index (χ0v) is 30.9. The van der Waals surface area contributed by atoms with Crippen LogP contribution in [0.5, 0.6) is 0 Å². The molecule has 2 aliphatic rings. The predicted octanol–water partition coefficient (Wildman–Crippen LogP) is 9.00. The Labute approximate surface area is 306 Å². The minimum Gasteiger partial charge on any atom is -0.349 e. The van der Waals surface area contributed by atoms with Crippen molar-refractivity contribution < 1.29 is 21.6 Å². The van der Waals surface area contributed by atoms with Crippen molar-refractivity contribution in [3.63, 3.8) is 0 Å². The van der Waals surface area contributed by atoms with E-state index in [1.165, 1.54) is 18.6 Å². The number of carbonyl (C=O) groups is 3. The van der Waals surface area contributed by atoms with E-state index in [4.69, 9.17) is 6.42 Å². The molecule has 1 N–H and O–H groups in total. The van der Waals surface area contributed by atoms with Gasteiger partial charge in [-0.3, -0.25) is 14.4 Å². The lowest BCUT2D eigenvalue weighted by Crippen LogP contribution is -2.46. The van der Waals surface area contributed by atoms with Gasteiger partial charge in [-0.25, -0.2) is 4.39 Å². The molecule has 5 rings (SSSR count). The van der Waals surface area contributed by atoms with Gasteiger partial charge in [0.05, 0.1) is 5.57 Å². The van der Waals surface area contributed by atoms with E-state index in [0.29, 0.717) is 43.5 Å². The van der Waals surface area contributed by atoms with Gasteiger partial charge in [-0.1, -0.05) is 89.3 Å². The number of allylic oxidation sites excluding steroid dienone is 3. The van der Waals surface area contributed by atoms with Crippen LogP contribution in [0, 0.1) is 24.1 Å². The number of terminal acetylenes is 1. The maximum atomic E-state index is 14.7. The number of nitrogens with zero attached hydrogens (tertiary/aromatic N) is 2. The molecule has 272 valence electrons. The van der Waals surface area contributed by atoms with Gasteiger partial charge >= 0.3 is 0 Å². The minimum atomic E-state index is -0.506. The zero-order chi connectivity index (χ0) is 36.7. The molecule has 2 aromatic carbocycles. The quantitative estimate of drug-likeness (QED) is 0.0891. The summed E-state index contributed by atoms with van der Waals surface area (Å²) >= 11 is 0. The first kappa shape index (κ1) is 37.6. The van der Waals surface area contributed by atoms with Crippen molar-refractivity contribution in [2.75, 3.05) is 6.54 Å². The second kappa shape index (κ2) is 16.5. The number of hydrogen-bond donors (Lipinski definition) is 1. The van der Waals surface area contributed by atoms with Gasteiger partial charge in [0, 0.05) is 67.9 Å². The topological polar surface area (TPSA) is 71.4 Å². The first-order valence-electron chi connectivity index (χ1n) is 18.5. The normalized spacial score (nSPS) is 16.8. The third kappa shape index (κ3) is 8.61. The van der Waals surface area contributed by atoms with Crippen molar-refractivity contribution >= 4 is 17.6 Å². The Kier molecular flexibility index (Phi) is 12.2.